The van der Waals surface area contributed by atoms with Crippen LogP contribution in [0.25, 0.3) is 0 Å². The quantitative estimate of drug-likeness (QED) is 0.586. The lowest BCUT2D eigenvalue weighted by molar-refractivity contribution is -0.117. The summed E-state index contributed by atoms with van der Waals surface area (Å²) in [6.45, 7) is 2.28. The van der Waals surface area contributed by atoms with E-state index in [1.54, 1.807) is 0 Å². The predicted molar refractivity (Wildman–Crippen MR) is 52.4 cm³/mol. The first kappa shape index (κ1) is 8.74. The lowest BCUT2D eigenvalue weighted by Crippen LogP contribution is -2.33. The molecule has 2 saturated carbocycles. The molecule has 0 radical (unpaired) electrons. The van der Waals surface area contributed by atoms with Crippen LogP contribution >= 0.6 is 15.9 Å². The minimum absolute atomic E-state index is 0.148. The van der Waals surface area contributed by atoms with Crippen molar-refractivity contribution in [2.75, 3.05) is 0 Å². The molecule has 1 unspecified atom stereocenters. The highest BCUT2D eigenvalue weighted by molar-refractivity contribution is 9.10. The Balaban J connectivity index is 2.25. The highest BCUT2D eigenvalue weighted by Crippen LogP contribution is 2.53. The molecule has 2 rings (SSSR count). The molecule has 0 bridgehead atoms. The molecule has 68 valence electrons. The number of halogens is 1. The summed E-state index contributed by atoms with van der Waals surface area (Å²) >= 11 is 3.55. The van der Waals surface area contributed by atoms with Crippen molar-refractivity contribution in [3.8, 4) is 0 Å². The third-order valence-electron chi connectivity index (χ3n) is 3.76. The fourth-order valence-electron chi connectivity index (χ4n) is 2.81. The predicted octanol–water partition coefficient (Wildman–Crippen LogP) is 2.92. The van der Waals surface area contributed by atoms with Gasteiger partial charge in [0.25, 0.3) is 0 Å². The molecule has 2 aliphatic rings. The Hall–Kier alpha value is 0.150. The molecule has 0 aromatic heterocycles. The maximum Gasteiger partial charge on any atom is 0.147 e. The molecule has 0 heterocycles. The third-order valence-corrected chi connectivity index (χ3v) is 5.32. The van der Waals surface area contributed by atoms with Gasteiger partial charge in [0.05, 0.1) is 4.83 Å². The van der Waals surface area contributed by atoms with E-state index in [1.807, 2.05) is 0 Å². The summed E-state index contributed by atoms with van der Waals surface area (Å²) in [7, 11) is 0. The van der Waals surface area contributed by atoms with Crippen molar-refractivity contribution >= 4 is 21.7 Å². The lowest BCUT2D eigenvalue weighted by atomic mass is 9.70. The molecule has 0 aromatic carbocycles. The summed E-state index contributed by atoms with van der Waals surface area (Å²) in [4.78, 5) is 11.6. The van der Waals surface area contributed by atoms with Crippen molar-refractivity contribution < 1.29 is 4.79 Å². The fraction of sp³-hybridized carbons (Fsp3) is 0.900. The second-order valence-corrected chi connectivity index (χ2v) is 5.40. The zero-order valence-electron chi connectivity index (χ0n) is 7.48. The van der Waals surface area contributed by atoms with E-state index < -0.39 is 0 Å². The van der Waals surface area contributed by atoms with Crippen molar-refractivity contribution in [3.05, 3.63) is 0 Å². The number of carbonyl (C=O) groups is 1. The molecular weight excluding hydrogens is 216 g/mol. The minimum atomic E-state index is 0.148. The Labute approximate surface area is 82.0 Å². The molecule has 2 aliphatic carbocycles. The van der Waals surface area contributed by atoms with Gasteiger partial charge >= 0.3 is 0 Å². The van der Waals surface area contributed by atoms with Crippen LogP contribution in [0.2, 0.25) is 0 Å². The first-order valence-electron chi connectivity index (χ1n) is 4.81. The van der Waals surface area contributed by atoms with E-state index in [1.165, 1.54) is 25.7 Å². The Morgan fingerprint density at radius 3 is 2.92 bits per heavy atom. The topological polar surface area (TPSA) is 17.1 Å². The van der Waals surface area contributed by atoms with E-state index in [0.717, 1.165) is 6.42 Å². The number of carbonyl (C=O) groups excluding carboxylic acids is 1. The number of rotatable bonds is 0. The van der Waals surface area contributed by atoms with Gasteiger partial charge in [-0.25, -0.2) is 0 Å². The van der Waals surface area contributed by atoms with Crippen LogP contribution in [0.5, 0.6) is 0 Å². The van der Waals surface area contributed by atoms with E-state index in [-0.39, 0.29) is 10.2 Å². The molecule has 0 N–H and O–H groups in total. The monoisotopic (exact) mass is 230 g/mol. The average Bonchev–Trinajstić information content (AvgIpc) is 2.28. The summed E-state index contributed by atoms with van der Waals surface area (Å²) in [5, 5.41) is 0. The smallest absolute Gasteiger partial charge is 0.147 e. The lowest BCUT2D eigenvalue weighted by Gasteiger charge is -2.37. The summed E-state index contributed by atoms with van der Waals surface area (Å²) in [5.74, 6) is 1.10. The second-order valence-electron chi connectivity index (χ2n) is 4.48. The number of fused-ring (bicyclic) bond motifs is 1. The normalized spacial score (nSPS) is 47.7. The van der Waals surface area contributed by atoms with Gasteiger partial charge in [0, 0.05) is 6.42 Å². The molecule has 2 heteroatoms. The van der Waals surface area contributed by atoms with E-state index in [0.29, 0.717) is 11.7 Å². The van der Waals surface area contributed by atoms with E-state index in [9.17, 15) is 4.79 Å². The van der Waals surface area contributed by atoms with Crippen molar-refractivity contribution in [2.24, 2.45) is 11.3 Å². The second kappa shape index (κ2) is 2.83. The van der Waals surface area contributed by atoms with Crippen LogP contribution in [0.4, 0.5) is 0 Å². The summed E-state index contributed by atoms with van der Waals surface area (Å²) in [6.07, 6.45) is 5.96. The number of hydrogen-bond acceptors (Lipinski definition) is 1. The molecule has 12 heavy (non-hydrogen) atoms. The molecule has 1 nitrogen and oxygen atoms in total. The van der Waals surface area contributed by atoms with Crippen LogP contribution in [0, 0.1) is 11.3 Å². The van der Waals surface area contributed by atoms with E-state index in [2.05, 4.69) is 22.9 Å². The molecule has 0 saturated heterocycles. The van der Waals surface area contributed by atoms with Gasteiger partial charge in [0.2, 0.25) is 0 Å². The van der Waals surface area contributed by atoms with Crippen LogP contribution in [0.3, 0.4) is 0 Å². The SMILES string of the molecule is C[C@@]12CCCC[C@H]1CC(=O)C2Br. The summed E-state index contributed by atoms with van der Waals surface area (Å²) in [6, 6.07) is 0. The molecule has 0 aliphatic heterocycles. The summed E-state index contributed by atoms with van der Waals surface area (Å²) < 4.78 is 0. The molecular formula is C10H15BrO. The van der Waals surface area contributed by atoms with Gasteiger partial charge < -0.3 is 0 Å². The third kappa shape index (κ3) is 1.07. The van der Waals surface area contributed by atoms with Crippen molar-refractivity contribution in [2.45, 2.75) is 43.9 Å². The first-order chi connectivity index (χ1) is 5.64. The van der Waals surface area contributed by atoms with Crippen LogP contribution in [0.15, 0.2) is 0 Å². The minimum Gasteiger partial charge on any atom is -0.298 e. The van der Waals surface area contributed by atoms with Gasteiger partial charge in [-0.15, -0.1) is 0 Å². The van der Waals surface area contributed by atoms with Crippen molar-refractivity contribution in [1.82, 2.24) is 0 Å². The molecule has 0 amide bonds. The zero-order chi connectivity index (χ0) is 8.77. The van der Waals surface area contributed by atoms with Gasteiger partial charge in [-0.05, 0) is 24.2 Å². The first-order valence-corrected chi connectivity index (χ1v) is 5.73. The van der Waals surface area contributed by atoms with E-state index in [4.69, 9.17) is 0 Å². The van der Waals surface area contributed by atoms with Gasteiger partial charge in [-0.3, -0.25) is 4.79 Å². The summed E-state index contributed by atoms with van der Waals surface area (Å²) in [5.41, 5.74) is 0.287. The molecule has 0 aromatic rings. The van der Waals surface area contributed by atoms with Crippen LogP contribution < -0.4 is 0 Å². The van der Waals surface area contributed by atoms with Gasteiger partial charge in [-0.2, -0.15) is 0 Å². The Kier molecular flexibility index (Phi) is 2.06. The fourth-order valence-corrected chi connectivity index (χ4v) is 3.60. The zero-order valence-corrected chi connectivity index (χ0v) is 9.06. The van der Waals surface area contributed by atoms with Gasteiger partial charge in [0.15, 0.2) is 0 Å². The van der Waals surface area contributed by atoms with Gasteiger partial charge in [-0.1, -0.05) is 35.7 Å². The number of ketones is 1. The maximum absolute atomic E-state index is 11.5. The number of alkyl halides is 1. The maximum atomic E-state index is 11.5. The number of Topliss-reactive ketones (excluding diaryl/α,β-unsaturated/α-hetero) is 1. The van der Waals surface area contributed by atoms with Crippen LogP contribution in [-0.4, -0.2) is 10.6 Å². The highest BCUT2D eigenvalue weighted by atomic mass is 79.9. The highest BCUT2D eigenvalue weighted by Gasteiger charge is 2.50. The average molecular weight is 231 g/mol. The molecule has 0 spiro atoms. The van der Waals surface area contributed by atoms with Crippen LogP contribution in [0.1, 0.15) is 39.0 Å². The largest absolute Gasteiger partial charge is 0.298 e. The molecule has 2 fully saturated rings. The van der Waals surface area contributed by atoms with Gasteiger partial charge in [0.1, 0.15) is 5.78 Å². The van der Waals surface area contributed by atoms with Crippen LogP contribution in [-0.2, 0) is 4.79 Å². The van der Waals surface area contributed by atoms with Crippen molar-refractivity contribution in [1.29, 1.82) is 0 Å². The Morgan fingerprint density at radius 2 is 2.25 bits per heavy atom. The van der Waals surface area contributed by atoms with E-state index >= 15 is 0 Å². The number of hydrogen-bond donors (Lipinski definition) is 0. The Morgan fingerprint density at radius 1 is 1.50 bits per heavy atom. The van der Waals surface area contributed by atoms with Crippen molar-refractivity contribution in [3.63, 3.8) is 0 Å². The molecule has 3 atom stereocenters. The Bertz CT molecular complexity index is 214. The standard InChI is InChI=1S/C10H15BrO/c1-10-5-3-2-4-7(10)6-8(12)9(10)11/h7,9H,2-6H2,1H3/t7-,9?,10+/m0/s1.